The molecule has 0 radical (unpaired) electrons. The molecule has 0 saturated heterocycles. The summed E-state index contributed by atoms with van der Waals surface area (Å²) in [6.07, 6.45) is 0. The molecule has 0 unspecified atom stereocenters. The Hall–Kier alpha value is -1.11. The van der Waals surface area contributed by atoms with Crippen LogP contribution in [0.3, 0.4) is 0 Å². The van der Waals surface area contributed by atoms with Gasteiger partial charge in [0, 0.05) is 34.1 Å². The van der Waals surface area contributed by atoms with Gasteiger partial charge in [-0.2, -0.15) is 5.10 Å². The minimum atomic E-state index is -0.210. The molecule has 5 heteroatoms. The highest BCUT2D eigenvalue weighted by Gasteiger charge is 2.09. The molecule has 18 heavy (non-hydrogen) atoms. The van der Waals surface area contributed by atoms with Crippen molar-refractivity contribution in [2.45, 2.75) is 20.4 Å². The predicted molar refractivity (Wildman–Crippen MR) is 79.1 cm³/mol. The van der Waals surface area contributed by atoms with Gasteiger partial charge in [-0.15, -0.1) is 0 Å². The van der Waals surface area contributed by atoms with Gasteiger partial charge < -0.3 is 5.32 Å². The number of aromatic nitrogens is 2. The molecule has 0 atom stereocenters. The molecule has 0 aliphatic rings. The number of nitrogens with zero attached hydrogens (tertiary/aromatic N) is 2. The molecule has 2 aromatic rings. The number of nitrogens with one attached hydrogen (secondary N) is 1. The Balaban J connectivity index is 2.16. The van der Waals surface area contributed by atoms with Crippen molar-refractivity contribution in [1.82, 2.24) is 9.78 Å². The van der Waals surface area contributed by atoms with Crippen LogP contribution in [0.1, 0.15) is 17.0 Å². The largest absolute Gasteiger partial charge is 0.380 e. The Labute approximate surface area is 120 Å². The molecule has 1 aromatic carbocycles. The molecule has 0 saturated carbocycles. The smallest absolute Gasteiger partial charge is 0.124 e. The average Bonchev–Trinajstić information content (AvgIpc) is 2.53. The van der Waals surface area contributed by atoms with Crippen molar-refractivity contribution in [3.8, 4) is 0 Å². The molecule has 2 rings (SSSR count). The second-order valence-corrected chi connectivity index (χ2v) is 5.41. The van der Waals surface area contributed by atoms with Crippen LogP contribution in [-0.2, 0) is 13.6 Å². The second-order valence-electron chi connectivity index (χ2n) is 4.25. The summed E-state index contributed by atoms with van der Waals surface area (Å²) >= 11 is 2.13. The van der Waals surface area contributed by atoms with E-state index in [4.69, 9.17) is 0 Å². The number of hydrogen-bond acceptors (Lipinski definition) is 2. The lowest BCUT2D eigenvalue weighted by Crippen LogP contribution is -2.03. The molecule has 0 amide bonds. The van der Waals surface area contributed by atoms with E-state index < -0.39 is 0 Å². The van der Waals surface area contributed by atoms with Gasteiger partial charge in [0.2, 0.25) is 0 Å². The van der Waals surface area contributed by atoms with E-state index >= 15 is 0 Å². The van der Waals surface area contributed by atoms with Gasteiger partial charge in [-0.3, -0.25) is 4.68 Å². The van der Waals surface area contributed by atoms with Crippen molar-refractivity contribution in [3.63, 3.8) is 0 Å². The lowest BCUT2D eigenvalue weighted by Gasteiger charge is -2.09. The van der Waals surface area contributed by atoms with E-state index in [1.807, 2.05) is 25.6 Å². The zero-order chi connectivity index (χ0) is 13.3. The van der Waals surface area contributed by atoms with Gasteiger partial charge >= 0.3 is 0 Å². The van der Waals surface area contributed by atoms with Crippen LogP contribution >= 0.6 is 22.6 Å². The fraction of sp³-hybridized carbons (Fsp3) is 0.308. The van der Waals surface area contributed by atoms with E-state index in [0.717, 1.165) is 20.6 Å². The maximum atomic E-state index is 13.0. The number of anilines is 1. The van der Waals surface area contributed by atoms with Gasteiger partial charge in [0.05, 0.1) is 5.69 Å². The molecule has 1 heterocycles. The molecule has 0 bridgehead atoms. The minimum Gasteiger partial charge on any atom is -0.380 e. The molecule has 0 spiro atoms. The fourth-order valence-electron chi connectivity index (χ4n) is 1.89. The standard InChI is InChI=1S/C13H15FIN3/c1-8-11(9(2)18(3)17-8)7-16-13-5-4-10(14)6-12(13)15/h4-6,16H,7H2,1-3H3. The van der Waals surface area contributed by atoms with E-state index in [1.165, 1.54) is 17.7 Å². The molecule has 3 nitrogen and oxygen atoms in total. The van der Waals surface area contributed by atoms with E-state index in [0.29, 0.717) is 6.54 Å². The first-order valence-corrected chi connectivity index (χ1v) is 6.75. The quantitative estimate of drug-likeness (QED) is 0.852. The van der Waals surface area contributed by atoms with Crippen molar-refractivity contribution in [2.24, 2.45) is 7.05 Å². The van der Waals surface area contributed by atoms with Crippen LogP contribution in [0.2, 0.25) is 0 Å². The molecule has 0 aliphatic carbocycles. The van der Waals surface area contributed by atoms with E-state index in [2.05, 4.69) is 33.0 Å². The Kier molecular flexibility index (Phi) is 3.89. The van der Waals surface area contributed by atoms with Crippen LogP contribution in [0.25, 0.3) is 0 Å². The topological polar surface area (TPSA) is 29.9 Å². The van der Waals surface area contributed by atoms with Gasteiger partial charge in [0.1, 0.15) is 5.82 Å². The summed E-state index contributed by atoms with van der Waals surface area (Å²) in [5.41, 5.74) is 4.31. The lowest BCUT2D eigenvalue weighted by atomic mass is 10.2. The molecule has 0 aliphatic heterocycles. The number of halogens is 2. The molecular formula is C13H15FIN3. The van der Waals surface area contributed by atoms with Crippen LogP contribution < -0.4 is 5.32 Å². The zero-order valence-electron chi connectivity index (χ0n) is 10.6. The Morgan fingerprint density at radius 3 is 2.67 bits per heavy atom. The first-order chi connectivity index (χ1) is 8.49. The Morgan fingerprint density at radius 2 is 2.11 bits per heavy atom. The van der Waals surface area contributed by atoms with Crippen molar-refractivity contribution in [1.29, 1.82) is 0 Å². The summed E-state index contributed by atoms with van der Waals surface area (Å²) in [5.74, 6) is -0.210. The Bertz CT molecular complexity index is 578. The van der Waals surface area contributed by atoms with Crippen LogP contribution in [0.4, 0.5) is 10.1 Å². The van der Waals surface area contributed by atoms with Crippen molar-refractivity contribution in [2.75, 3.05) is 5.32 Å². The van der Waals surface area contributed by atoms with Gasteiger partial charge in [0.15, 0.2) is 0 Å². The highest BCUT2D eigenvalue weighted by molar-refractivity contribution is 14.1. The van der Waals surface area contributed by atoms with Gasteiger partial charge in [-0.05, 0) is 54.6 Å². The first kappa shape index (κ1) is 13.3. The van der Waals surface area contributed by atoms with Crippen molar-refractivity contribution >= 4 is 28.3 Å². The molecular weight excluding hydrogens is 344 g/mol. The SMILES string of the molecule is Cc1nn(C)c(C)c1CNc1ccc(F)cc1I. The van der Waals surface area contributed by atoms with E-state index in [-0.39, 0.29) is 5.82 Å². The van der Waals surface area contributed by atoms with Crippen LogP contribution in [0, 0.1) is 23.2 Å². The van der Waals surface area contributed by atoms with E-state index in [1.54, 1.807) is 6.07 Å². The number of benzene rings is 1. The lowest BCUT2D eigenvalue weighted by molar-refractivity contribution is 0.627. The summed E-state index contributed by atoms with van der Waals surface area (Å²) in [6, 6.07) is 4.75. The third-order valence-electron chi connectivity index (χ3n) is 3.05. The van der Waals surface area contributed by atoms with Crippen LogP contribution in [0.5, 0.6) is 0 Å². The highest BCUT2D eigenvalue weighted by Crippen LogP contribution is 2.21. The van der Waals surface area contributed by atoms with Gasteiger partial charge in [0.25, 0.3) is 0 Å². The maximum Gasteiger partial charge on any atom is 0.124 e. The Morgan fingerprint density at radius 1 is 1.39 bits per heavy atom. The normalized spacial score (nSPS) is 10.7. The van der Waals surface area contributed by atoms with Crippen molar-refractivity contribution < 1.29 is 4.39 Å². The van der Waals surface area contributed by atoms with Gasteiger partial charge in [-0.1, -0.05) is 0 Å². The summed E-state index contributed by atoms with van der Waals surface area (Å²) < 4.78 is 15.8. The summed E-state index contributed by atoms with van der Waals surface area (Å²) in [7, 11) is 1.94. The fourth-order valence-corrected chi connectivity index (χ4v) is 2.56. The van der Waals surface area contributed by atoms with Crippen LogP contribution in [-0.4, -0.2) is 9.78 Å². The number of aryl methyl sites for hydroxylation is 2. The molecule has 96 valence electrons. The van der Waals surface area contributed by atoms with Crippen molar-refractivity contribution in [3.05, 3.63) is 44.5 Å². The number of rotatable bonds is 3. The molecule has 1 N–H and O–H groups in total. The third kappa shape index (κ3) is 2.66. The minimum absolute atomic E-state index is 0.210. The third-order valence-corrected chi connectivity index (χ3v) is 3.94. The summed E-state index contributed by atoms with van der Waals surface area (Å²) in [6.45, 7) is 4.75. The van der Waals surface area contributed by atoms with Crippen LogP contribution in [0.15, 0.2) is 18.2 Å². The zero-order valence-corrected chi connectivity index (χ0v) is 12.7. The monoisotopic (exact) mass is 359 g/mol. The first-order valence-electron chi connectivity index (χ1n) is 5.67. The molecule has 1 aromatic heterocycles. The number of hydrogen-bond donors (Lipinski definition) is 1. The second kappa shape index (κ2) is 5.26. The summed E-state index contributed by atoms with van der Waals surface area (Å²) in [4.78, 5) is 0. The predicted octanol–water partition coefficient (Wildman–Crippen LogP) is 3.39. The average molecular weight is 359 g/mol. The van der Waals surface area contributed by atoms with E-state index in [9.17, 15) is 4.39 Å². The summed E-state index contributed by atoms with van der Waals surface area (Å²) in [5, 5.41) is 7.70. The van der Waals surface area contributed by atoms with Gasteiger partial charge in [-0.25, -0.2) is 4.39 Å². The highest BCUT2D eigenvalue weighted by atomic mass is 127. The molecule has 0 fully saturated rings. The maximum absolute atomic E-state index is 13.0.